The lowest BCUT2D eigenvalue weighted by molar-refractivity contribution is 0.368. The lowest BCUT2D eigenvalue weighted by Gasteiger charge is -2.24. The van der Waals surface area contributed by atoms with Crippen LogP contribution in [-0.4, -0.2) is 29.8 Å². The van der Waals surface area contributed by atoms with Crippen LogP contribution in [0.5, 0.6) is 0 Å². The molecular weight excluding hydrogens is 204 g/mol. The summed E-state index contributed by atoms with van der Waals surface area (Å²) in [5.74, 6) is 1.37. The summed E-state index contributed by atoms with van der Waals surface area (Å²) < 4.78 is 5.16. The largest absolute Gasteiger partial charge is 0.338 e. The molecule has 1 aliphatic rings. The summed E-state index contributed by atoms with van der Waals surface area (Å²) in [6.45, 7) is 7.07. The van der Waals surface area contributed by atoms with Crippen LogP contribution in [0, 0.1) is 0 Å². The van der Waals surface area contributed by atoms with E-state index >= 15 is 0 Å². The molecule has 0 spiro atoms. The molecule has 5 nitrogen and oxygen atoms in total. The van der Waals surface area contributed by atoms with Crippen molar-refractivity contribution in [3.8, 4) is 0 Å². The molecule has 16 heavy (non-hydrogen) atoms. The van der Waals surface area contributed by atoms with E-state index in [1.165, 1.54) is 19.3 Å². The molecule has 0 aliphatic carbocycles. The molecule has 88 valence electrons. The summed E-state index contributed by atoms with van der Waals surface area (Å²) in [6.07, 6.45) is 5.56. The second-order valence-electron chi connectivity index (χ2n) is 3.96. The van der Waals surface area contributed by atoms with Gasteiger partial charge in [-0.15, -0.1) is 6.58 Å². The Morgan fingerprint density at radius 2 is 2.19 bits per heavy atom. The monoisotopic (exact) mass is 222 g/mol. The Kier molecular flexibility index (Phi) is 3.93. The summed E-state index contributed by atoms with van der Waals surface area (Å²) in [4.78, 5) is 6.54. The van der Waals surface area contributed by atoms with E-state index in [0.717, 1.165) is 25.6 Å². The fraction of sp³-hybridized carbons (Fsp3) is 0.636. The van der Waals surface area contributed by atoms with Gasteiger partial charge in [0, 0.05) is 19.6 Å². The zero-order valence-corrected chi connectivity index (χ0v) is 9.48. The number of nitrogens with one attached hydrogen (secondary N) is 1. The van der Waals surface area contributed by atoms with Crippen molar-refractivity contribution in [1.82, 2.24) is 15.5 Å². The van der Waals surface area contributed by atoms with Gasteiger partial charge in [-0.1, -0.05) is 6.08 Å². The van der Waals surface area contributed by atoms with Gasteiger partial charge >= 0.3 is 0 Å². The first-order valence-electron chi connectivity index (χ1n) is 5.79. The number of hydrogen-bond acceptors (Lipinski definition) is 5. The van der Waals surface area contributed by atoms with Crippen LogP contribution in [-0.2, 0) is 6.54 Å². The number of hydrogen-bond donors (Lipinski definition) is 1. The predicted octanol–water partition coefficient (Wildman–Crippen LogP) is 1.34. The molecule has 5 heteroatoms. The minimum absolute atomic E-state index is 0.604. The first kappa shape index (κ1) is 11.1. The van der Waals surface area contributed by atoms with Gasteiger partial charge in [0.15, 0.2) is 0 Å². The molecule has 0 saturated carbocycles. The zero-order valence-electron chi connectivity index (χ0n) is 9.48. The summed E-state index contributed by atoms with van der Waals surface area (Å²) >= 11 is 0. The quantitative estimate of drug-likeness (QED) is 0.602. The van der Waals surface area contributed by atoms with Gasteiger partial charge in [0.25, 0.3) is 5.95 Å². The Morgan fingerprint density at radius 3 is 2.94 bits per heavy atom. The highest BCUT2D eigenvalue weighted by Crippen LogP contribution is 2.15. The Bertz CT molecular complexity index is 330. The first-order chi connectivity index (χ1) is 7.90. The topological polar surface area (TPSA) is 54.2 Å². The van der Waals surface area contributed by atoms with Crippen LogP contribution in [0.15, 0.2) is 17.2 Å². The molecule has 1 saturated heterocycles. The van der Waals surface area contributed by atoms with Crippen LogP contribution in [0.1, 0.15) is 25.2 Å². The fourth-order valence-electron chi connectivity index (χ4n) is 1.82. The molecule has 0 bridgehead atoms. The summed E-state index contributed by atoms with van der Waals surface area (Å²) in [5.41, 5.74) is 0. The minimum Gasteiger partial charge on any atom is -0.338 e. The van der Waals surface area contributed by atoms with Gasteiger partial charge in [-0.2, -0.15) is 4.98 Å². The van der Waals surface area contributed by atoms with Crippen molar-refractivity contribution in [3.63, 3.8) is 0 Å². The third-order valence-electron chi connectivity index (χ3n) is 2.66. The normalized spacial score (nSPS) is 16.4. The van der Waals surface area contributed by atoms with Crippen molar-refractivity contribution in [2.75, 3.05) is 24.5 Å². The van der Waals surface area contributed by atoms with Gasteiger partial charge in [-0.05, 0) is 24.4 Å². The highest BCUT2D eigenvalue weighted by atomic mass is 16.5. The SMILES string of the molecule is C=CCNCc1nc(N2CCCCC2)no1. The lowest BCUT2D eigenvalue weighted by atomic mass is 10.1. The van der Waals surface area contributed by atoms with Crippen molar-refractivity contribution in [2.45, 2.75) is 25.8 Å². The molecule has 1 aromatic heterocycles. The fourth-order valence-corrected chi connectivity index (χ4v) is 1.82. The Morgan fingerprint density at radius 1 is 1.38 bits per heavy atom. The molecule has 0 atom stereocenters. The van der Waals surface area contributed by atoms with Crippen LogP contribution in [0.25, 0.3) is 0 Å². The van der Waals surface area contributed by atoms with E-state index in [1.54, 1.807) is 0 Å². The Balaban J connectivity index is 1.88. The number of rotatable bonds is 5. The van der Waals surface area contributed by atoms with E-state index < -0.39 is 0 Å². The maximum absolute atomic E-state index is 5.16. The van der Waals surface area contributed by atoms with Gasteiger partial charge in [-0.25, -0.2) is 0 Å². The summed E-state index contributed by atoms with van der Waals surface area (Å²) in [5, 5.41) is 7.13. The number of aromatic nitrogens is 2. The van der Waals surface area contributed by atoms with Crippen LogP contribution in [0.3, 0.4) is 0 Å². The maximum atomic E-state index is 5.16. The average Bonchev–Trinajstić information content (AvgIpc) is 2.79. The smallest absolute Gasteiger partial charge is 0.266 e. The predicted molar refractivity (Wildman–Crippen MR) is 62.3 cm³/mol. The zero-order chi connectivity index (χ0) is 11.2. The molecule has 1 aromatic rings. The molecular formula is C11H18N4O. The molecule has 0 aromatic carbocycles. The second kappa shape index (κ2) is 5.65. The van der Waals surface area contributed by atoms with Crippen molar-refractivity contribution in [1.29, 1.82) is 0 Å². The summed E-state index contributed by atoms with van der Waals surface area (Å²) in [6, 6.07) is 0. The highest BCUT2D eigenvalue weighted by molar-refractivity contribution is 5.27. The molecule has 0 radical (unpaired) electrons. The third-order valence-corrected chi connectivity index (χ3v) is 2.66. The molecule has 1 fully saturated rings. The van der Waals surface area contributed by atoms with E-state index in [9.17, 15) is 0 Å². The average molecular weight is 222 g/mol. The highest BCUT2D eigenvalue weighted by Gasteiger charge is 2.16. The maximum Gasteiger partial charge on any atom is 0.266 e. The summed E-state index contributed by atoms with van der Waals surface area (Å²) in [7, 11) is 0. The van der Waals surface area contributed by atoms with E-state index in [2.05, 4.69) is 26.9 Å². The van der Waals surface area contributed by atoms with Crippen molar-refractivity contribution >= 4 is 5.95 Å². The third kappa shape index (κ3) is 2.82. The van der Waals surface area contributed by atoms with Crippen LogP contribution < -0.4 is 10.2 Å². The first-order valence-corrected chi connectivity index (χ1v) is 5.79. The number of nitrogens with zero attached hydrogens (tertiary/aromatic N) is 3. The van der Waals surface area contributed by atoms with Crippen LogP contribution in [0.2, 0.25) is 0 Å². The van der Waals surface area contributed by atoms with Gasteiger partial charge in [0.05, 0.1) is 6.54 Å². The molecule has 2 rings (SSSR count). The molecule has 0 amide bonds. The standard InChI is InChI=1S/C11H18N4O/c1-2-6-12-9-10-13-11(14-16-10)15-7-4-3-5-8-15/h2,12H,1,3-9H2. The van der Waals surface area contributed by atoms with E-state index in [4.69, 9.17) is 4.52 Å². The molecule has 0 unspecified atom stereocenters. The van der Waals surface area contributed by atoms with Crippen LogP contribution in [0.4, 0.5) is 5.95 Å². The number of piperidine rings is 1. The lowest BCUT2D eigenvalue weighted by Crippen LogP contribution is -2.30. The van der Waals surface area contributed by atoms with Gasteiger partial charge in [0.2, 0.25) is 5.89 Å². The van der Waals surface area contributed by atoms with Crippen molar-refractivity contribution < 1.29 is 4.52 Å². The van der Waals surface area contributed by atoms with Crippen LogP contribution >= 0.6 is 0 Å². The van der Waals surface area contributed by atoms with Crippen molar-refractivity contribution in [2.24, 2.45) is 0 Å². The molecule has 1 aliphatic heterocycles. The van der Waals surface area contributed by atoms with Gasteiger partial charge in [0.1, 0.15) is 0 Å². The van der Waals surface area contributed by atoms with Gasteiger partial charge in [-0.3, -0.25) is 0 Å². The Hall–Kier alpha value is -1.36. The van der Waals surface area contributed by atoms with E-state index in [0.29, 0.717) is 12.4 Å². The second-order valence-corrected chi connectivity index (χ2v) is 3.96. The minimum atomic E-state index is 0.604. The van der Waals surface area contributed by atoms with Gasteiger partial charge < -0.3 is 14.7 Å². The molecule has 2 heterocycles. The van der Waals surface area contributed by atoms with E-state index in [1.807, 2.05) is 6.08 Å². The number of anilines is 1. The van der Waals surface area contributed by atoms with Crippen molar-refractivity contribution in [3.05, 3.63) is 18.5 Å². The molecule has 1 N–H and O–H groups in total. The van der Waals surface area contributed by atoms with E-state index in [-0.39, 0.29) is 0 Å². The Labute approximate surface area is 95.5 Å².